The lowest BCUT2D eigenvalue weighted by Gasteiger charge is -2.34. The smallest absolute Gasteiger partial charge is 0.265 e. The Morgan fingerprint density at radius 2 is 2.30 bits per heavy atom. The highest BCUT2D eigenvalue weighted by molar-refractivity contribution is 7.13. The third kappa shape index (κ3) is 3.02. The van der Waals surface area contributed by atoms with Gasteiger partial charge in [-0.15, -0.1) is 11.3 Å². The number of β-amino-alcohol motifs (C(OH)–C–C–N with tert-alkyl or cyclic N) is 1. The van der Waals surface area contributed by atoms with Crippen molar-refractivity contribution in [1.82, 2.24) is 9.88 Å². The van der Waals surface area contributed by atoms with E-state index in [2.05, 4.69) is 4.98 Å². The van der Waals surface area contributed by atoms with Crippen molar-refractivity contribution in [3.63, 3.8) is 0 Å². The molecule has 20 heavy (non-hydrogen) atoms. The van der Waals surface area contributed by atoms with Gasteiger partial charge < -0.3 is 14.7 Å². The number of ether oxygens (including phenoxy) is 1. The van der Waals surface area contributed by atoms with Gasteiger partial charge in [-0.1, -0.05) is 6.92 Å². The molecule has 0 spiro atoms. The molecule has 3 atom stereocenters. The number of hydrogen-bond donors (Lipinski definition) is 1. The lowest BCUT2D eigenvalue weighted by Crippen LogP contribution is -2.45. The molecule has 2 heterocycles. The quantitative estimate of drug-likeness (QED) is 0.927. The topological polar surface area (TPSA) is 62.7 Å². The first kappa shape index (κ1) is 15.4. The number of aryl methyl sites for hydroxylation is 1. The number of carbonyl (C=O) groups excluding carboxylic acids is 1. The van der Waals surface area contributed by atoms with Crippen LogP contribution < -0.4 is 0 Å². The highest BCUT2D eigenvalue weighted by Gasteiger charge is 2.30. The van der Waals surface area contributed by atoms with Crippen LogP contribution in [0.25, 0.3) is 0 Å². The molecule has 1 aliphatic heterocycles. The maximum absolute atomic E-state index is 12.5. The fourth-order valence-corrected chi connectivity index (χ4v) is 3.33. The number of hydrogen-bond acceptors (Lipinski definition) is 5. The molecule has 112 valence electrons. The molecule has 5 nitrogen and oxygen atoms in total. The Labute approximate surface area is 123 Å². The Morgan fingerprint density at radius 1 is 1.60 bits per heavy atom. The van der Waals surface area contributed by atoms with Gasteiger partial charge in [-0.2, -0.15) is 0 Å². The molecule has 1 aromatic rings. The number of aliphatic hydroxyl groups excluding tert-OH is 1. The van der Waals surface area contributed by atoms with Crippen molar-refractivity contribution in [2.75, 3.05) is 20.2 Å². The second-order valence-corrected chi connectivity index (χ2v) is 6.46. The Kier molecular flexibility index (Phi) is 4.78. The maximum Gasteiger partial charge on any atom is 0.265 e. The van der Waals surface area contributed by atoms with Crippen molar-refractivity contribution < 1.29 is 14.6 Å². The van der Waals surface area contributed by atoms with Crippen LogP contribution in [-0.4, -0.2) is 47.2 Å². The van der Waals surface area contributed by atoms with Crippen LogP contribution in [0.2, 0.25) is 0 Å². The van der Waals surface area contributed by atoms with Crippen LogP contribution in [0.3, 0.4) is 0 Å². The number of amides is 1. The summed E-state index contributed by atoms with van der Waals surface area (Å²) >= 11 is 1.39. The van der Waals surface area contributed by atoms with Crippen molar-refractivity contribution in [2.45, 2.75) is 39.4 Å². The van der Waals surface area contributed by atoms with Gasteiger partial charge in [0.25, 0.3) is 5.91 Å². The lowest BCUT2D eigenvalue weighted by atomic mass is 9.96. The highest BCUT2D eigenvalue weighted by atomic mass is 32.1. The number of piperidine rings is 1. The zero-order chi connectivity index (χ0) is 14.9. The van der Waals surface area contributed by atoms with Gasteiger partial charge in [0.15, 0.2) is 0 Å². The molecule has 0 radical (unpaired) electrons. The van der Waals surface area contributed by atoms with E-state index in [1.165, 1.54) is 11.3 Å². The molecule has 1 aromatic heterocycles. The van der Waals surface area contributed by atoms with E-state index in [1.54, 1.807) is 12.0 Å². The van der Waals surface area contributed by atoms with Crippen molar-refractivity contribution in [1.29, 1.82) is 0 Å². The minimum Gasteiger partial charge on any atom is -0.391 e. The predicted molar refractivity (Wildman–Crippen MR) is 78.0 cm³/mol. The number of aliphatic hydroxyl groups is 1. The molecular formula is C14H22N2O3S. The first-order valence-electron chi connectivity index (χ1n) is 6.91. The van der Waals surface area contributed by atoms with Crippen LogP contribution in [0.5, 0.6) is 0 Å². The van der Waals surface area contributed by atoms with Gasteiger partial charge in [0, 0.05) is 20.2 Å². The summed E-state index contributed by atoms with van der Waals surface area (Å²) in [5, 5.41) is 10.7. The summed E-state index contributed by atoms with van der Waals surface area (Å²) in [6.07, 6.45) is 0.303. The van der Waals surface area contributed by atoms with E-state index in [0.717, 1.165) is 17.1 Å². The Bertz CT molecular complexity index is 489. The third-order valence-electron chi connectivity index (χ3n) is 3.91. The van der Waals surface area contributed by atoms with Gasteiger partial charge in [0.05, 0.1) is 11.8 Å². The Morgan fingerprint density at radius 3 is 2.90 bits per heavy atom. The molecule has 0 saturated carbocycles. The zero-order valence-electron chi connectivity index (χ0n) is 12.4. The van der Waals surface area contributed by atoms with E-state index in [-0.39, 0.29) is 17.9 Å². The summed E-state index contributed by atoms with van der Waals surface area (Å²) in [5.41, 5.74) is 0.743. The van der Waals surface area contributed by atoms with Crippen LogP contribution in [0, 0.1) is 12.8 Å². The van der Waals surface area contributed by atoms with Gasteiger partial charge in [-0.3, -0.25) is 4.79 Å². The first-order valence-corrected chi connectivity index (χ1v) is 7.73. The molecule has 3 unspecified atom stereocenters. The number of carbonyl (C=O) groups is 1. The zero-order valence-corrected chi connectivity index (χ0v) is 13.2. The fraction of sp³-hybridized carbons (Fsp3) is 0.714. The molecular weight excluding hydrogens is 276 g/mol. The molecule has 1 fully saturated rings. The predicted octanol–water partition coefficient (Wildman–Crippen LogP) is 2.00. The summed E-state index contributed by atoms with van der Waals surface area (Å²) in [5.74, 6) is 0.228. The van der Waals surface area contributed by atoms with Gasteiger partial charge in [0.2, 0.25) is 0 Å². The molecule has 2 rings (SSSR count). The highest BCUT2D eigenvalue weighted by Crippen LogP contribution is 2.27. The van der Waals surface area contributed by atoms with Crippen LogP contribution in [0.15, 0.2) is 0 Å². The second-order valence-electron chi connectivity index (χ2n) is 5.43. The minimum atomic E-state index is -0.432. The molecule has 1 amide bonds. The number of aromatic nitrogens is 1. The summed E-state index contributed by atoms with van der Waals surface area (Å²) in [6, 6.07) is 0. The lowest BCUT2D eigenvalue weighted by molar-refractivity contribution is 0.0251. The number of thiazole rings is 1. The molecule has 0 aliphatic carbocycles. The third-order valence-corrected chi connectivity index (χ3v) is 5.22. The largest absolute Gasteiger partial charge is 0.391 e. The van der Waals surface area contributed by atoms with Crippen molar-refractivity contribution in [3.05, 3.63) is 15.6 Å². The van der Waals surface area contributed by atoms with E-state index >= 15 is 0 Å². The summed E-state index contributed by atoms with van der Waals surface area (Å²) < 4.78 is 5.24. The molecule has 6 heteroatoms. The number of likely N-dealkylation sites (tertiary alicyclic amines) is 1. The minimum absolute atomic E-state index is 0.0273. The SMILES string of the molecule is COC(C)c1nc(C)c(C(=O)N2CCC(C)C(O)C2)s1. The molecule has 1 saturated heterocycles. The van der Waals surface area contributed by atoms with Crippen LogP contribution in [0.4, 0.5) is 0 Å². The number of methoxy groups -OCH3 is 1. The number of nitrogens with zero attached hydrogens (tertiary/aromatic N) is 2. The average molecular weight is 298 g/mol. The standard InChI is InChI=1S/C14H22N2O3S/c1-8-5-6-16(7-11(8)17)14(18)12-9(2)15-13(20-12)10(3)19-4/h8,10-11,17H,5-7H2,1-4H3. The van der Waals surface area contributed by atoms with E-state index in [0.29, 0.717) is 18.0 Å². The molecule has 1 aliphatic rings. The van der Waals surface area contributed by atoms with E-state index < -0.39 is 6.10 Å². The Balaban J connectivity index is 2.15. The summed E-state index contributed by atoms with van der Waals surface area (Å²) in [4.78, 5) is 19.3. The van der Waals surface area contributed by atoms with E-state index in [1.807, 2.05) is 20.8 Å². The van der Waals surface area contributed by atoms with Gasteiger partial charge >= 0.3 is 0 Å². The van der Waals surface area contributed by atoms with Crippen molar-refractivity contribution in [3.8, 4) is 0 Å². The fourth-order valence-electron chi connectivity index (χ4n) is 2.27. The molecule has 0 bridgehead atoms. The van der Waals surface area contributed by atoms with E-state index in [9.17, 15) is 9.90 Å². The van der Waals surface area contributed by atoms with Crippen molar-refractivity contribution in [2.24, 2.45) is 5.92 Å². The van der Waals surface area contributed by atoms with Gasteiger partial charge in [-0.05, 0) is 26.2 Å². The normalized spacial score (nSPS) is 24.8. The van der Waals surface area contributed by atoms with Crippen LogP contribution >= 0.6 is 11.3 Å². The Hall–Kier alpha value is -0.980. The van der Waals surface area contributed by atoms with Crippen LogP contribution in [0.1, 0.15) is 46.7 Å². The van der Waals surface area contributed by atoms with Crippen molar-refractivity contribution >= 4 is 17.2 Å². The molecule has 1 N–H and O–H groups in total. The monoisotopic (exact) mass is 298 g/mol. The maximum atomic E-state index is 12.5. The summed E-state index contributed by atoms with van der Waals surface area (Å²) in [6.45, 7) is 6.89. The molecule has 0 aromatic carbocycles. The second kappa shape index (κ2) is 6.20. The summed E-state index contributed by atoms with van der Waals surface area (Å²) in [7, 11) is 1.63. The van der Waals surface area contributed by atoms with Crippen LogP contribution in [-0.2, 0) is 4.74 Å². The first-order chi connectivity index (χ1) is 9.43. The van der Waals surface area contributed by atoms with E-state index in [4.69, 9.17) is 4.74 Å². The average Bonchev–Trinajstić information content (AvgIpc) is 2.82. The number of rotatable bonds is 3. The van der Waals surface area contributed by atoms with Gasteiger partial charge in [0.1, 0.15) is 16.0 Å². The van der Waals surface area contributed by atoms with Gasteiger partial charge in [-0.25, -0.2) is 4.98 Å².